The zero-order chi connectivity index (χ0) is 15.5. The summed E-state index contributed by atoms with van der Waals surface area (Å²) in [4.78, 5) is 4.68. The third kappa shape index (κ3) is 3.31. The van der Waals surface area contributed by atoms with Crippen LogP contribution in [-0.4, -0.2) is 19.9 Å². The fourth-order valence-corrected chi connectivity index (χ4v) is 3.65. The molecule has 0 spiro atoms. The normalized spacial score (nSPS) is 11.2. The molecule has 0 aliphatic heterocycles. The molecule has 7 heteroatoms. The molecular formula is C15H17N5S2. The van der Waals surface area contributed by atoms with Gasteiger partial charge in [-0.1, -0.05) is 49.9 Å². The molecule has 0 aliphatic rings. The molecule has 0 saturated heterocycles. The van der Waals surface area contributed by atoms with E-state index in [1.54, 1.807) is 11.3 Å². The third-order valence-corrected chi connectivity index (χ3v) is 5.20. The maximum Gasteiger partial charge on any atom is 0.209 e. The van der Waals surface area contributed by atoms with Crippen molar-refractivity contribution in [3.8, 4) is 10.6 Å². The number of nitrogens with two attached hydrogens (primary N) is 1. The minimum absolute atomic E-state index is 0.547. The van der Waals surface area contributed by atoms with Crippen LogP contribution in [0.5, 0.6) is 0 Å². The van der Waals surface area contributed by atoms with E-state index in [2.05, 4.69) is 58.7 Å². The first-order valence-electron chi connectivity index (χ1n) is 6.96. The lowest BCUT2D eigenvalue weighted by molar-refractivity contribution is 0.845. The van der Waals surface area contributed by atoms with Gasteiger partial charge in [-0.15, -0.1) is 21.5 Å². The Morgan fingerprint density at radius 2 is 2.05 bits per heavy atom. The molecule has 0 unspecified atom stereocenters. The molecular weight excluding hydrogens is 314 g/mol. The number of thiazole rings is 1. The zero-order valence-corrected chi connectivity index (χ0v) is 14.1. The van der Waals surface area contributed by atoms with Crippen molar-refractivity contribution in [2.24, 2.45) is 0 Å². The van der Waals surface area contributed by atoms with E-state index >= 15 is 0 Å². The molecule has 1 aromatic carbocycles. The van der Waals surface area contributed by atoms with E-state index < -0.39 is 0 Å². The minimum Gasteiger partial charge on any atom is -0.336 e. The predicted octanol–water partition coefficient (Wildman–Crippen LogP) is 3.53. The first kappa shape index (κ1) is 15.1. The van der Waals surface area contributed by atoms with E-state index in [9.17, 15) is 0 Å². The van der Waals surface area contributed by atoms with Crippen molar-refractivity contribution in [1.82, 2.24) is 19.9 Å². The van der Waals surface area contributed by atoms with Gasteiger partial charge in [0.2, 0.25) is 5.16 Å². The summed E-state index contributed by atoms with van der Waals surface area (Å²) in [5.41, 5.74) is 3.53. The Morgan fingerprint density at radius 1 is 1.27 bits per heavy atom. The van der Waals surface area contributed by atoms with Crippen molar-refractivity contribution < 1.29 is 0 Å². The minimum atomic E-state index is 0.547. The summed E-state index contributed by atoms with van der Waals surface area (Å²) in [6.45, 7) is 4.40. The Hall–Kier alpha value is -1.86. The van der Waals surface area contributed by atoms with Gasteiger partial charge in [0.15, 0.2) is 0 Å². The Labute approximate surface area is 137 Å². The second kappa shape index (κ2) is 6.50. The van der Waals surface area contributed by atoms with Gasteiger partial charge in [-0.05, 0) is 11.5 Å². The second-order valence-corrected chi connectivity index (χ2v) is 7.03. The molecule has 0 amide bonds. The van der Waals surface area contributed by atoms with Crippen molar-refractivity contribution >= 4 is 23.1 Å². The largest absolute Gasteiger partial charge is 0.336 e. The van der Waals surface area contributed by atoms with Gasteiger partial charge in [0, 0.05) is 16.7 Å². The van der Waals surface area contributed by atoms with Gasteiger partial charge >= 0.3 is 0 Å². The quantitative estimate of drug-likeness (QED) is 0.572. The molecule has 0 bridgehead atoms. The predicted molar refractivity (Wildman–Crippen MR) is 91.4 cm³/mol. The van der Waals surface area contributed by atoms with E-state index in [0.717, 1.165) is 22.0 Å². The van der Waals surface area contributed by atoms with Crippen LogP contribution >= 0.6 is 23.1 Å². The van der Waals surface area contributed by atoms with Gasteiger partial charge in [-0.3, -0.25) is 0 Å². The summed E-state index contributed by atoms with van der Waals surface area (Å²) < 4.78 is 1.42. The molecule has 2 heterocycles. The average Bonchev–Trinajstić information content (AvgIpc) is 3.14. The molecule has 2 aromatic heterocycles. The Kier molecular flexibility index (Phi) is 4.44. The van der Waals surface area contributed by atoms with Crippen LogP contribution in [0.15, 0.2) is 41.1 Å². The van der Waals surface area contributed by atoms with Crippen LogP contribution in [0.3, 0.4) is 0 Å². The van der Waals surface area contributed by atoms with Gasteiger partial charge in [0.1, 0.15) is 11.3 Å². The number of nitrogen functional groups attached to an aromatic ring is 1. The highest BCUT2D eigenvalue weighted by atomic mass is 32.2. The van der Waals surface area contributed by atoms with Crippen LogP contribution in [0.25, 0.3) is 10.6 Å². The molecule has 3 aromatic rings. The summed E-state index contributed by atoms with van der Waals surface area (Å²) >= 11 is 3.19. The highest BCUT2D eigenvalue weighted by molar-refractivity contribution is 7.98. The molecule has 0 fully saturated rings. The molecule has 3 rings (SSSR count). The van der Waals surface area contributed by atoms with Gasteiger partial charge < -0.3 is 5.84 Å². The average molecular weight is 331 g/mol. The Bertz CT molecular complexity index is 745. The third-order valence-electron chi connectivity index (χ3n) is 3.27. The van der Waals surface area contributed by atoms with Crippen LogP contribution < -0.4 is 5.84 Å². The van der Waals surface area contributed by atoms with Crippen molar-refractivity contribution in [3.63, 3.8) is 0 Å². The topological polar surface area (TPSA) is 69.6 Å². The number of benzene rings is 1. The van der Waals surface area contributed by atoms with E-state index in [1.165, 1.54) is 28.3 Å². The fourth-order valence-electron chi connectivity index (χ4n) is 1.99. The van der Waals surface area contributed by atoms with Gasteiger partial charge in [-0.2, -0.15) is 0 Å². The first-order chi connectivity index (χ1) is 10.6. The molecule has 0 aliphatic carbocycles. The summed E-state index contributed by atoms with van der Waals surface area (Å²) in [6.07, 6.45) is 1.49. The smallest absolute Gasteiger partial charge is 0.209 e. The molecule has 5 nitrogen and oxygen atoms in total. The van der Waals surface area contributed by atoms with E-state index in [4.69, 9.17) is 5.84 Å². The SMILES string of the molecule is CC(C)c1ccc(-c2nc(CSc3nncn3N)cs2)cc1. The highest BCUT2D eigenvalue weighted by Gasteiger charge is 2.08. The standard InChI is InChI=1S/C15H17N5S2/c1-10(2)11-3-5-12(6-4-11)14-18-13(7-21-14)8-22-15-19-17-9-20(15)16/h3-7,9-10H,8,16H2,1-2H3. The van der Waals surface area contributed by atoms with Crippen molar-refractivity contribution in [3.05, 3.63) is 47.2 Å². The summed E-state index contributed by atoms with van der Waals surface area (Å²) in [7, 11) is 0. The van der Waals surface area contributed by atoms with E-state index in [0.29, 0.717) is 11.1 Å². The molecule has 0 atom stereocenters. The van der Waals surface area contributed by atoms with Crippen molar-refractivity contribution in [1.29, 1.82) is 0 Å². The highest BCUT2D eigenvalue weighted by Crippen LogP contribution is 2.28. The number of thioether (sulfide) groups is 1. The Morgan fingerprint density at radius 3 is 2.68 bits per heavy atom. The lowest BCUT2D eigenvalue weighted by Gasteiger charge is -2.05. The van der Waals surface area contributed by atoms with Crippen LogP contribution in [0, 0.1) is 0 Å². The van der Waals surface area contributed by atoms with Crippen molar-refractivity contribution in [2.45, 2.75) is 30.7 Å². The maximum absolute atomic E-state index is 5.69. The van der Waals surface area contributed by atoms with Crippen molar-refractivity contribution in [2.75, 3.05) is 5.84 Å². The molecule has 114 valence electrons. The first-order valence-corrected chi connectivity index (χ1v) is 8.82. The Balaban J connectivity index is 1.69. The van der Waals surface area contributed by atoms with Crippen LogP contribution in [0.2, 0.25) is 0 Å². The van der Waals surface area contributed by atoms with Crippen LogP contribution in [0.1, 0.15) is 31.0 Å². The van der Waals surface area contributed by atoms with Crippen LogP contribution in [-0.2, 0) is 5.75 Å². The number of aromatic nitrogens is 4. The molecule has 2 N–H and O–H groups in total. The lowest BCUT2D eigenvalue weighted by Crippen LogP contribution is -2.07. The maximum atomic E-state index is 5.69. The zero-order valence-electron chi connectivity index (χ0n) is 12.4. The summed E-state index contributed by atoms with van der Waals surface area (Å²) in [6, 6.07) is 8.63. The number of nitrogens with zero attached hydrogens (tertiary/aromatic N) is 4. The number of hydrogen-bond acceptors (Lipinski definition) is 6. The molecule has 0 radical (unpaired) electrons. The second-order valence-electron chi connectivity index (χ2n) is 5.23. The molecule has 22 heavy (non-hydrogen) atoms. The fraction of sp³-hybridized carbons (Fsp3) is 0.267. The number of hydrogen-bond donors (Lipinski definition) is 1. The van der Waals surface area contributed by atoms with Gasteiger partial charge in [0.25, 0.3) is 0 Å². The molecule has 0 saturated carbocycles. The van der Waals surface area contributed by atoms with Gasteiger partial charge in [0.05, 0.1) is 5.69 Å². The van der Waals surface area contributed by atoms with E-state index in [1.807, 2.05) is 0 Å². The van der Waals surface area contributed by atoms with E-state index in [-0.39, 0.29) is 0 Å². The van der Waals surface area contributed by atoms with Gasteiger partial charge in [-0.25, -0.2) is 9.66 Å². The summed E-state index contributed by atoms with van der Waals surface area (Å²) in [5, 5.41) is 11.5. The number of rotatable bonds is 5. The van der Waals surface area contributed by atoms with Crippen LogP contribution in [0.4, 0.5) is 0 Å². The summed E-state index contributed by atoms with van der Waals surface area (Å²) in [5.74, 6) is 6.97. The lowest BCUT2D eigenvalue weighted by atomic mass is 10.0. The monoisotopic (exact) mass is 331 g/mol.